The van der Waals surface area contributed by atoms with E-state index in [1.807, 2.05) is 0 Å². The second-order valence-corrected chi connectivity index (χ2v) is 13.9. The number of aromatic amines is 1. The van der Waals surface area contributed by atoms with Gasteiger partial charge in [-0.05, 0) is 84.4 Å². The Balaban J connectivity index is 1.95. The number of rotatable bonds is 10. The summed E-state index contributed by atoms with van der Waals surface area (Å²) in [6.45, 7) is 10.4. The number of carbonyl (C=O) groups excluding carboxylic acids is 3. The van der Waals surface area contributed by atoms with Crippen LogP contribution in [-0.2, 0) is 41.8 Å². The van der Waals surface area contributed by atoms with E-state index in [1.54, 1.807) is 53.2 Å². The van der Waals surface area contributed by atoms with Crippen LogP contribution in [0.1, 0.15) is 71.5 Å². The van der Waals surface area contributed by atoms with Crippen molar-refractivity contribution in [3.05, 3.63) is 59.4 Å². The third-order valence-corrected chi connectivity index (χ3v) is 7.34. The highest BCUT2D eigenvalue weighted by Gasteiger charge is 2.32. The van der Waals surface area contributed by atoms with Crippen molar-refractivity contribution in [2.24, 2.45) is 0 Å². The highest BCUT2D eigenvalue weighted by atomic mass is 32.2. The molecule has 0 unspecified atom stereocenters. The largest absolute Gasteiger partial charge is 0.465 e. The lowest BCUT2D eigenvalue weighted by Crippen LogP contribution is -2.47. The van der Waals surface area contributed by atoms with Gasteiger partial charge in [0.2, 0.25) is 0 Å². The summed E-state index contributed by atoms with van der Waals surface area (Å²) in [6.07, 6.45) is -6.61. The zero-order chi connectivity index (χ0) is 35.4. The van der Waals surface area contributed by atoms with E-state index in [0.29, 0.717) is 9.87 Å². The summed E-state index contributed by atoms with van der Waals surface area (Å²) in [7, 11) is -4.66. The van der Waals surface area contributed by atoms with E-state index in [2.05, 4.69) is 15.3 Å². The molecule has 0 aliphatic heterocycles. The minimum Gasteiger partial charge on any atom is -0.465 e. The van der Waals surface area contributed by atoms with Gasteiger partial charge < -0.3 is 24.5 Å². The third-order valence-electron chi connectivity index (χ3n) is 5.99. The molecular formula is C30H38F3N5O8S. The predicted molar refractivity (Wildman–Crippen MR) is 166 cm³/mol. The first-order valence-corrected chi connectivity index (χ1v) is 15.8. The Labute approximate surface area is 270 Å². The summed E-state index contributed by atoms with van der Waals surface area (Å²) in [6, 6.07) is 7.83. The zero-order valence-corrected chi connectivity index (χ0v) is 27.8. The van der Waals surface area contributed by atoms with Crippen LogP contribution in [0.3, 0.4) is 0 Å². The number of alkyl carbamates (subject to hydrolysis) is 1. The molecular weight excluding hydrogens is 647 g/mol. The van der Waals surface area contributed by atoms with Gasteiger partial charge >= 0.3 is 34.5 Å². The van der Waals surface area contributed by atoms with Crippen molar-refractivity contribution in [3.8, 4) is 0 Å². The van der Waals surface area contributed by atoms with E-state index in [4.69, 9.17) is 14.2 Å². The molecule has 47 heavy (non-hydrogen) atoms. The Bertz CT molecular complexity index is 1700. The Kier molecular flexibility index (Phi) is 11.1. The van der Waals surface area contributed by atoms with E-state index in [9.17, 15) is 36.0 Å². The van der Waals surface area contributed by atoms with Crippen LogP contribution in [-0.4, -0.2) is 60.9 Å². The van der Waals surface area contributed by atoms with Crippen molar-refractivity contribution in [1.29, 1.82) is 0 Å². The number of carbonyl (C=O) groups is 3. The SMILES string of the molecule is CCOC(=O)CN(c1ccc(C[C@H](NC(=O)OC(C)(C)C)c2nc3ccc(C(F)(F)F)cc3[nH]2)cc1)S(=O)(=O)NC(=O)OC(C)(C)C. The van der Waals surface area contributed by atoms with Crippen molar-refractivity contribution in [2.45, 2.75) is 78.3 Å². The molecule has 0 aliphatic rings. The zero-order valence-electron chi connectivity index (χ0n) is 26.9. The maximum absolute atomic E-state index is 13.3. The van der Waals surface area contributed by atoms with Gasteiger partial charge in [0.15, 0.2) is 0 Å². The Morgan fingerprint density at radius 2 is 1.53 bits per heavy atom. The van der Waals surface area contributed by atoms with Crippen LogP contribution < -0.4 is 14.3 Å². The number of fused-ring (bicyclic) bond motifs is 1. The third kappa shape index (κ3) is 11.0. The summed E-state index contributed by atoms with van der Waals surface area (Å²) in [5.41, 5.74) is -1.89. The lowest BCUT2D eigenvalue weighted by atomic mass is 10.0. The Morgan fingerprint density at radius 1 is 0.936 bits per heavy atom. The molecule has 3 N–H and O–H groups in total. The molecule has 2 aromatic carbocycles. The molecule has 0 saturated heterocycles. The fourth-order valence-corrected chi connectivity index (χ4v) is 5.21. The van der Waals surface area contributed by atoms with Crippen LogP contribution in [0.2, 0.25) is 0 Å². The molecule has 1 aromatic heterocycles. The Morgan fingerprint density at radius 3 is 2.09 bits per heavy atom. The van der Waals surface area contributed by atoms with Crippen molar-refractivity contribution >= 4 is 45.1 Å². The van der Waals surface area contributed by atoms with Crippen molar-refractivity contribution in [1.82, 2.24) is 20.0 Å². The summed E-state index contributed by atoms with van der Waals surface area (Å²) in [5.74, 6) is -0.742. The second kappa shape index (κ2) is 14.1. The number of alkyl halides is 3. The van der Waals surface area contributed by atoms with Crippen LogP contribution >= 0.6 is 0 Å². The predicted octanol–water partition coefficient (Wildman–Crippen LogP) is 5.53. The van der Waals surface area contributed by atoms with Crippen LogP contribution in [0.5, 0.6) is 0 Å². The molecule has 0 spiro atoms. The van der Waals surface area contributed by atoms with Crippen LogP contribution in [0.4, 0.5) is 28.4 Å². The number of ether oxygens (including phenoxy) is 3. The molecule has 0 bridgehead atoms. The number of benzene rings is 2. The number of hydrogen-bond acceptors (Lipinski definition) is 9. The minimum atomic E-state index is -4.66. The average Bonchev–Trinajstić information content (AvgIpc) is 3.33. The molecule has 1 atom stereocenters. The molecule has 0 radical (unpaired) electrons. The summed E-state index contributed by atoms with van der Waals surface area (Å²) >= 11 is 0. The van der Waals surface area contributed by atoms with Gasteiger partial charge in [-0.2, -0.15) is 21.6 Å². The van der Waals surface area contributed by atoms with Gasteiger partial charge in [0.25, 0.3) is 0 Å². The molecule has 17 heteroatoms. The molecule has 0 aliphatic carbocycles. The number of esters is 1. The monoisotopic (exact) mass is 685 g/mol. The van der Waals surface area contributed by atoms with Crippen LogP contribution in [0.15, 0.2) is 42.5 Å². The van der Waals surface area contributed by atoms with Crippen molar-refractivity contribution < 1.29 is 50.2 Å². The van der Waals surface area contributed by atoms with Gasteiger partial charge in [-0.15, -0.1) is 0 Å². The molecule has 1 heterocycles. The molecule has 2 amide bonds. The normalized spacial score (nSPS) is 13.1. The quantitative estimate of drug-likeness (QED) is 0.184. The lowest BCUT2D eigenvalue weighted by Gasteiger charge is -2.25. The molecule has 13 nitrogen and oxygen atoms in total. The summed E-state index contributed by atoms with van der Waals surface area (Å²) < 4.78 is 84.0. The van der Waals surface area contributed by atoms with Crippen molar-refractivity contribution in [2.75, 3.05) is 17.5 Å². The fraction of sp³-hybridized carbons (Fsp3) is 0.467. The molecule has 0 fully saturated rings. The van der Waals surface area contributed by atoms with Gasteiger partial charge in [-0.25, -0.2) is 23.6 Å². The van der Waals surface area contributed by atoms with Crippen LogP contribution in [0.25, 0.3) is 11.0 Å². The van der Waals surface area contributed by atoms with Crippen LogP contribution in [0, 0.1) is 0 Å². The number of amides is 2. The van der Waals surface area contributed by atoms with E-state index in [-0.39, 0.29) is 35.6 Å². The van der Waals surface area contributed by atoms with Gasteiger partial charge in [0, 0.05) is 6.42 Å². The van der Waals surface area contributed by atoms with E-state index >= 15 is 0 Å². The number of halogens is 3. The maximum atomic E-state index is 13.3. The van der Waals surface area contributed by atoms with E-state index < -0.39 is 63.9 Å². The van der Waals surface area contributed by atoms with Gasteiger partial charge in [0.05, 0.1) is 34.9 Å². The first kappa shape index (κ1) is 36.9. The number of aromatic nitrogens is 2. The number of nitrogens with zero attached hydrogens (tertiary/aromatic N) is 2. The number of anilines is 1. The number of imidazole rings is 1. The first-order valence-electron chi connectivity index (χ1n) is 14.4. The highest BCUT2D eigenvalue weighted by Crippen LogP contribution is 2.32. The Hall–Kier alpha value is -4.54. The van der Waals surface area contributed by atoms with E-state index in [0.717, 1.165) is 12.1 Å². The fourth-order valence-electron chi connectivity index (χ4n) is 4.17. The number of H-pyrrole nitrogens is 1. The topological polar surface area (TPSA) is 169 Å². The number of hydrogen-bond donors (Lipinski definition) is 3. The smallest absolute Gasteiger partial charge is 0.422 e. The highest BCUT2D eigenvalue weighted by molar-refractivity contribution is 7.91. The molecule has 258 valence electrons. The average molecular weight is 686 g/mol. The standard InChI is InChI=1S/C30H38F3N5O8S/c1-8-44-24(39)17-38(47(42,43)37-27(41)46-29(5,6)7)20-12-9-18(10-13-20)15-23(36-26(40)45-28(2,3)4)25-34-21-14-11-19(30(31,32)33)16-22(21)35-25/h9-14,16,23H,8,15,17H2,1-7H3,(H,34,35)(H,36,40)(H,37,41)/t23-/m0/s1. The maximum Gasteiger partial charge on any atom is 0.422 e. The van der Waals surface area contributed by atoms with E-state index in [1.165, 1.54) is 30.3 Å². The minimum absolute atomic E-state index is 0.0158. The molecule has 3 rings (SSSR count). The number of nitrogens with one attached hydrogen (secondary N) is 3. The van der Waals surface area contributed by atoms with Crippen molar-refractivity contribution in [3.63, 3.8) is 0 Å². The lowest BCUT2D eigenvalue weighted by molar-refractivity contribution is -0.141. The molecule has 3 aromatic rings. The second-order valence-electron chi connectivity index (χ2n) is 12.3. The van der Waals surface area contributed by atoms with Gasteiger partial charge in [0.1, 0.15) is 23.6 Å². The summed E-state index contributed by atoms with van der Waals surface area (Å²) in [4.78, 5) is 44.5. The molecule has 0 saturated carbocycles. The van der Waals surface area contributed by atoms with Gasteiger partial charge in [-0.3, -0.25) is 4.79 Å². The first-order chi connectivity index (χ1) is 21.6. The van der Waals surface area contributed by atoms with Gasteiger partial charge in [-0.1, -0.05) is 12.1 Å². The summed E-state index contributed by atoms with van der Waals surface area (Å²) in [5, 5.41) is 2.68.